The van der Waals surface area contributed by atoms with E-state index in [-0.39, 0.29) is 5.91 Å². The predicted octanol–water partition coefficient (Wildman–Crippen LogP) is 3.43. The molecular weight excluding hydrogens is 286 g/mol. The molecule has 2 N–H and O–H groups in total. The number of halogens is 1. The zero-order chi connectivity index (χ0) is 14.8. The first-order chi connectivity index (χ1) is 10.2. The van der Waals surface area contributed by atoms with Gasteiger partial charge in [0.2, 0.25) is 0 Å². The van der Waals surface area contributed by atoms with E-state index in [4.69, 9.17) is 16.9 Å². The number of anilines is 2. The summed E-state index contributed by atoms with van der Waals surface area (Å²) < 4.78 is 0. The molecule has 104 valence electrons. The average molecular weight is 298 g/mol. The third-order valence-electron chi connectivity index (χ3n) is 3.43. The van der Waals surface area contributed by atoms with Gasteiger partial charge >= 0.3 is 0 Å². The fourth-order valence-corrected chi connectivity index (χ4v) is 2.53. The number of amides is 1. The summed E-state index contributed by atoms with van der Waals surface area (Å²) in [4.78, 5) is 12.3. The summed E-state index contributed by atoms with van der Waals surface area (Å²) in [5, 5.41) is 15.5. The molecule has 1 heterocycles. The molecule has 2 aromatic carbocycles. The Bertz CT molecular complexity index is 765. The fourth-order valence-electron chi connectivity index (χ4n) is 2.36. The van der Waals surface area contributed by atoms with Gasteiger partial charge in [0.1, 0.15) is 6.07 Å². The standard InChI is InChI=1S/C16H12ClN3O/c17-13-3-1-12(9-18)15(8-13)20-16(21)11-2-4-14-10(7-11)5-6-19-14/h1-4,7-8,19H,5-6H2,(H,20,21). The highest BCUT2D eigenvalue weighted by atomic mass is 35.5. The molecule has 0 saturated carbocycles. The zero-order valence-corrected chi connectivity index (χ0v) is 11.9. The lowest BCUT2D eigenvalue weighted by Gasteiger charge is -2.08. The monoisotopic (exact) mass is 297 g/mol. The highest BCUT2D eigenvalue weighted by Gasteiger charge is 2.14. The molecule has 0 radical (unpaired) electrons. The van der Waals surface area contributed by atoms with Gasteiger partial charge < -0.3 is 10.6 Å². The van der Waals surface area contributed by atoms with E-state index >= 15 is 0 Å². The quantitative estimate of drug-likeness (QED) is 0.892. The van der Waals surface area contributed by atoms with Crippen LogP contribution in [0.15, 0.2) is 36.4 Å². The number of nitrogens with zero attached hydrogens (tertiary/aromatic N) is 1. The normalized spacial score (nSPS) is 12.2. The lowest BCUT2D eigenvalue weighted by molar-refractivity contribution is 0.102. The number of rotatable bonds is 2. The van der Waals surface area contributed by atoms with E-state index in [0.717, 1.165) is 24.2 Å². The lowest BCUT2D eigenvalue weighted by atomic mass is 10.1. The van der Waals surface area contributed by atoms with Crippen LogP contribution in [0.4, 0.5) is 11.4 Å². The predicted molar refractivity (Wildman–Crippen MR) is 82.8 cm³/mol. The summed E-state index contributed by atoms with van der Waals surface area (Å²) in [5.74, 6) is -0.247. The molecule has 0 fully saturated rings. The average Bonchev–Trinajstić information content (AvgIpc) is 2.94. The number of carbonyl (C=O) groups excluding carboxylic acids is 1. The number of nitriles is 1. The zero-order valence-electron chi connectivity index (χ0n) is 11.1. The van der Waals surface area contributed by atoms with Crippen molar-refractivity contribution in [1.29, 1.82) is 5.26 Å². The van der Waals surface area contributed by atoms with Gasteiger partial charge in [0.15, 0.2) is 0 Å². The fraction of sp³-hybridized carbons (Fsp3) is 0.125. The Hall–Kier alpha value is -2.51. The van der Waals surface area contributed by atoms with Gasteiger partial charge in [0.05, 0.1) is 11.3 Å². The second-order valence-electron chi connectivity index (χ2n) is 4.80. The molecule has 1 aliphatic rings. The van der Waals surface area contributed by atoms with Gasteiger partial charge in [0.25, 0.3) is 5.91 Å². The SMILES string of the molecule is N#Cc1ccc(Cl)cc1NC(=O)c1ccc2c(c1)CCN2. The Morgan fingerprint density at radius 3 is 2.95 bits per heavy atom. The molecule has 4 nitrogen and oxygen atoms in total. The van der Waals surface area contributed by atoms with Crippen molar-refractivity contribution < 1.29 is 4.79 Å². The Kier molecular flexibility index (Phi) is 3.51. The molecule has 1 aliphatic heterocycles. The van der Waals surface area contributed by atoms with Gasteiger partial charge in [-0.05, 0) is 48.4 Å². The van der Waals surface area contributed by atoms with Crippen LogP contribution >= 0.6 is 11.6 Å². The number of fused-ring (bicyclic) bond motifs is 1. The van der Waals surface area contributed by atoms with Crippen molar-refractivity contribution in [2.24, 2.45) is 0 Å². The van der Waals surface area contributed by atoms with Crippen LogP contribution in [0, 0.1) is 11.3 Å². The second-order valence-corrected chi connectivity index (χ2v) is 5.24. The summed E-state index contributed by atoms with van der Waals surface area (Å²) in [6.45, 7) is 0.896. The summed E-state index contributed by atoms with van der Waals surface area (Å²) in [6, 6.07) is 12.4. The lowest BCUT2D eigenvalue weighted by Crippen LogP contribution is -2.13. The van der Waals surface area contributed by atoms with Crippen LogP contribution in [0.3, 0.4) is 0 Å². The van der Waals surface area contributed by atoms with Crippen LogP contribution in [-0.4, -0.2) is 12.5 Å². The molecule has 0 unspecified atom stereocenters. The molecule has 5 heteroatoms. The van der Waals surface area contributed by atoms with Crippen molar-refractivity contribution in [1.82, 2.24) is 0 Å². The second kappa shape index (κ2) is 5.47. The molecule has 0 aromatic heterocycles. The van der Waals surface area contributed by atoms with Gasteiger partial charge in [-0.1, -0.05) is 11.6 Å². The van der Waals surface area contributed by atoms with E-state index in [2.05, 4.69) is 10.6 Å². The Morgan fingerprint density at radius 2 is 2.14 bits per heavy atom. The van der Waals surface area contributed by atoms with Crippen molar-refractivity contribution in [3.05, 3.63) is 58.1 Å². The van der Waals surface area contributed by atoms with Crippen LogP contribution < -0.4 is 10.6 Å². The molecule has 0 bridgehead atoms. The van der Waals surface area contributed by atoms with E-state index in [0.29, 0.717) is 21.8 Å². The van der Waals surface area contributed by atoms with Crippen LogP contribution in [0.2, 0.25) is 5.02 Å². The summed E-state index contributed by atoms with van der Waals surface area (Å²) in [7, 11) is 0. The summed E-state index contributed by atoms with van der Waals surface area (Å²) in [6.07, 6.45) is 0.914. The number of hydrogen-bond acceptors (Lipinski definition) is 3. The van der Waals surface area contributed by atoms with Crippen molar-refractivity contribution in [3.8, 4) is 6.07 Å². The molecule has 0 spiro atoms. The summed E-state index contributed by atoms with van der Waals surface area (Å²) >= 11 is 5.91. The van der Waals surface area contributed by atoms with Gasteiger partial charge in [-0.25, -0.2) is 0 Å². The molecule has 0 aliphatic carbocycles. The van der Waals surface area contributed by atoms with E-state index in [1.807, 2.05) is 18.2 Å². The van der Waals surface area contributed by atoms with Crippen molar-refractivity contribution in [2.75, 3.05) is 17.2 Å². The van der Waals surface area contributed by atoms with Crippen LogP contribution in [0.25, 0.3) is 0 Å². The topological polar surface area (TPSA) is 64.9 Å². The first-order valence-corrected chi connectivity index (χ1v) is 6.93. The Balaban J connectivity index is 1.87. The van der Waals surface area contributed by atoms with Crippen LogP contribution in [-0.2, 0) is 6.42 Å². The first-order valence-electron chi connectivity index (χ1n) is 6.55. The number of carbonyl (C=O) groups is 1. The number of hydrogen-bond donors (Lipinski definition) is 2. The van der Waals surface area contributed by atoms with E-state index in [1.54, 1.807) is 24.3 Å². The van der Waals surface area contributed by atoms with Gasteiger partial charge in [-0.3, -0.25) is 4.79 Å². The van der Waals surface area contributed by atoms with Crippen LogP contribution in [0.1, 0.15) is 21.5 Å². The van der Waals surface area contributed by atoms with Crippen molar-refractivity contribution in [2.45, 2.75) is 6.42 Å². The van der Waals surface area contributed by atoms with E-state index in [9.17, 15) is 4.79 Å². The van der Waals surface area contributed by atoms with Gasteiger partial charge in [-0.15, -0.1) is 0 Å². The largest absolute Gasteiger partial charge is 0.384 e. The van der Waals surface area contributed by atoms with Gasteiger partial charge in [0, 0.05) is 22.8 Å². The molecule has 0 saturated heterocycles. The molecule has 0 atom stereocenters. The smallest absolute Gasteiger partial charge is 0.255 e. The summed E-state index contributed by atoms with van der Waals surface area (Å²) in [5.41, 5.74) is 3.59. The van der Waals surface area contributed by atoms with E-state index < -0.39 is 0 Å². The minimum Gasteiger partial charge on any atom is -0.384 e. The molecule has 3 rings (SSSR count). The van der Waals surface area contributed by atoms with Crippen molar-refractivity contribution in [3.63, 3.8) is 0 Å². The Labute approximate surface area is 127 Å². The Morgan fingerprint density at radius 1 is 1.29 bits per heavy atom. The number of benzene rings is 2. The third-order valence-corrected chi connectivity index (χ3v) is 3.66. The highest BCUT2D eigenvalue weighted by molar-refractivity contribution is 6.31. The molecule has 2 aromatic rings. The first kappa shape index (κ1) is 13.5. The maximum atomic E-state index is 12.3. The molecular formula is C16H12ClN3O. The third kappa shape index (κ3) is 2.69. The molecule has 1 amide bonds. The maximum Gasteiger partial charge on any atom is 0.255 e. The minimum absolute atomic E-state index is 0.247. The highest BCUT2D eigenvalue weighted by Crippen LogP contribution is 2.25. The van der Waals surface area contributed by atoms with Crippen molar-refractivity contribution >= 4 is 28.9 Å². The van der Waals surface area contributed by atoms with Gasteiger partial charge in [-0.2, -0.15) is 5.26 Å². The minimum atomic E-state index is -0.247. The van der Waals surface area contributed by atoms with Crippen LogP contribution in [0.5, 0.6) is 0 Å². The number of nitrogens with one attached hydrogen (secondary N) is 2. The maximum absolute atomic E-state index is 12.3. The van der Waals surface area contributed by atoms with E-state index in [1.165, 1.54) is 0 Å². The molecule has 21 heavy (non-hydrogen) atoms.